The summed E-state index contributed by atoms with van der Waals surface area (Å²) < 4.78 is 0. The molecule has 1 aliphatic heterocycles. The molecule has 1 aliphatic rings. The van der Waals surface area contributed by atoms with Crippen LogP contribution in [-0.2, 0) is 12.8 Å². The fourth-order valence-corrected chi connectivity index (χ4v) is 3.00. The molecule has 1 nitrogen and oxygen atoms in total. The quantitative estimate of drug-likeness (QED) is 0.612. The van der Waals surface area contributed by atoms with E-state index in [2.05, 4.69) is 25.0 Å². The number of ketones is 1. The van der Waals surface area contributed by atoms with Crippen LogP contribution in [0, 0.1) is 6.92 Å². The average Bonchev–Trinajstić information content (AvgIpc) is 2.81. The maximum Gasteiger partial charge on any atom is 0.173 e. The zero-order valence-electron chi connectivity index (χ0n) is 12.1. The first-order valence-corrected chi connectivity index (χ1v) is 7.35. The summed E-state index contributed by atoms with van der Waals surface area (Å²) in [5, 5.41) is 0. The Balaban J connectivity index is 1.79. The van der Waals surface area contributed by atoms with Crippen LogP contribution in [0.1, 0.15) is 27.0 Å². The van der Waals surface area contributed by atoms with Gasteiger partial charge in [0.15, 0.2) is 12.5 Å². The van der Waals surface area contributed by atoms with E-state index in [0.717, 1.165) is 11.1 Å². The highest BCUT2D eigenvalue weighted by Crippen LogP contribution is 2.17. The first-order chi connectivity index (χ1) is 9.63. The van der Waals surface area contributed by atoms with Crippen LogP contribution < -0.4 is 5.46 Å². The molecule has 100 valence electrons. The predicted molar refractivity (Wildman–Crippen MR) is 85.4 cm³/mol. The van der Waals surface area contributed by atoms with Crippen LogP contribution in [0.5, 0.6) is 0 Å². The lowest BCUT2D eigenvalue weighted by molar-refractivity contribution is 0.0993. The van der Waals surface area contributed by atoms with Crippen molar-refractivity contribution in [2.24, 2.45) is 0 Å². The maximum absolute atomic E-state index is 12.3. The van der Waals surface area contributed by atoms with Crippen molar-refractivity contribution >= 4 is 18.0 Å². The van der Waals surface area contributed by atoms with Gasteiger partial charge in [0, 0.05) is 12.0 Å². The van der Waals surface area contributed by atoms with Gasteiger partial charge in [0.05, 0.1) is 0 Å². The Morgan fingerprint density at radius 3 is 2.65 bits per heavy atom. The van der Waals surface area contributed by atoms with Crippen molar-refractivity contribution < 1.29 is 4.79 Å². The van der Waals surface area contributed by atoms with Crippen LogP contribution in [0.15, 0.2) is 42.5 Å². The van der Waals surface area contributed by atoms with Crippen molar-refractivity contribution in [3.63, 3.8) is 0 Å². The van der Waals surface area contributed by atoms with E-state index in [-0.39, 0.29) is 5.78 Å². The molecule has 2 aromatic carbocycles. The van der Waals surface area contributed by atoms with Gasteiger partial charge in [0.1, 0.15) is 0 Å². The van der Waals surface area contributed by atoms with Crippen molar-refractivity contribution in [3.8, 4) is 0 Å². The largest absolute Gasteiger partial charge is 0.294 e. The molecule has 0 saturated carbocycles. The van der Waals surface area contributed by atoms with Crippen molar-refractivity contribution in [1.82, 2.24) is 0 Å². The standard InChI is InChI=1S/C18H19BO/c1-13-3-6-16(7-4-13)18(20)12-14-5-8-15-9-10-19(2)17(15)11-14/h3-8,11H,9-10,12H2,1-2H3. The number of aryl methyl sites for hydroxylation is 2. The van der Waals surface area contributed by atoms with Gasteiger partial charge in [0.25, 0.3) is 0 Å². The van der Waals surface area contributed by atoms with Gasteiger partial charge in [-0.3, -0.25) is 4.79 Å². The molecule has 0 radical (unpaired) electrons. The summed E-state index contributed by atoms with van der Waals surface area (Å²) in [6.45, 7) is 4.95. The van der Waals surface area contributed by atoms with Crippen LogP contribution in [-0.4, -0.2) is 12.5 Å². The molecule has 2 aromatic rings. The lowest BCUT2D eigenvalue weighted by atomic mass is 9.48. The molecule has 1 heterocycles. The third-order valence-electron chi connectivity index (χ3n) is 4.33. The molecule has 0 amide bonds. The lowest BCUT2D eigenvalue weighted by Crippen LogP contribution is -2.23. The van der Waals surface area contributed by atoms with E-state index >= 15 is 0 Å². The van der Waals surface area contributed by atoms with Crippen LogP contribution in [0.3, 0.4) is 0 Å². The molecule has 0 N–H and O–H groups in total. The van der Waals surface area contributed by atoms with E-state index in [1.54, 1.807) is 0 Å². The third-order valence-corrected chi connectivity index (χ3v) is 4.33. The Kier molecular flexibility index (Phi) is 3.48. The molecule has 0 aromatic heterocycles. The first-order valence-electron chi connectivity index (χ1n) is 7.35. The SMILES string of the molecule is CB1CCc2ccc(CC(=O)c3ccc(C)cc3)cc21. The van der Waals surface area contributed by atoms with Crippen LogP contribution in [0.25, 0.3) is 0 Å². The number of carbonyl (C=O) groups excluding carboxylic acids is 1. The molecule has 3 rings (SSSR count). The number of carbonyl (C=O) groups is 1. The molecule has 0 fully saturated rings. The highest BCUT2D eigenvalue weighted by molar-refractivity contribution is 6.73. The number of hydrogen-bond acceptors (Lipinski definition) is 1. The van der Waals surface area contributed by atoms with E-state index < -0.39 is 0 Å². The minimum absolute atomic E-state index is 0.204. The second-order valence-corrected chi connectivity index (χ2v) is 5.94. The average molecular weight is 262 g/mol. The third kappa shape index (κ3) is 2.56. The molecule has 0 atom stereocenters. The van der Waals surface area contributed by atoms with E-state index in [1.807, 2.05) is 31.2 Å². The molecule has 0 bridgehead atoms. The second-order valence-electron chi connectivity index (χ2n) is 5.94. The van der Waals surface area contributed by atoms with Crippen LogP contribution in [0.2, 0.25) is 13.1 Å². The summed E-state index contributed by atoms with van der Waals surface area (Å²) in [6, 6.07) is 14.4. The number of Topliss-reactive ketones (excluding diaryl/α,β-unsaturated/α-hetero) is 1. The molecular weight excluding hydrogens is 243 g/mol. The number of fused-ring (bicyclic) bond motifs is 1. The summed E-state index contributed by atoms with van der Waals surface area (Å²) in [6.07, 6.45) is 2.93. The molecule has 0 unspecified atom stereocenters. The van der Waals surface area contributed by atoms with Crippen LogP contribution in [0.4, 0.5) is 0 Å². The minimum atomic E-state index is 0.204. The molecule has 2 heteroatoms. The predicted octanol–water partition coefficient (Wildman–Crippen LogP) is 3.31. The van der Waals surface area contributed by atoms with E-state index in [0.29, 0.717) is 13.1 Å². The second kappa shape index (κ2) is 5.28. The summed E-state index contributed by atoms with van der Waals surface area (Å²) >= 11 is 0. The Morgan fingerprint density at radius 1 is 1.15 bits per heavy atom. The summed E-state index contributed by atoms with van der Waals surface area (Å²) in [7, 11) is 0. The zero-order valence-corrected chi connectivity index (χ0v) is 12.1. The molecule has 20 heavy (non-hydrogen) atoms. The van der Waals surface area contributed by atoms with Crippen molar-refractivity contribution in [1.29, 1.82) is 0 Å². The maximum atomic E-state index is 12.3. The van der Waals surface area contributed by atoms with Gasteiger partial charge in [-0.25, -0.2) is 0 Å². The summed E-state index contributed by atoms with van der Waals surface area (Å²) in [5.74, 6) is 0.204. The van der Waals surface area contributed by atoms with Crippen molar-refractivity contribution in [2.75, 3.05) is 0 Å². The zero-order chi connectivity index (χ0) is 14.1. The van der Waals surface area contributed by atoms with Gasteiger partial charge in [-0.2, -0.15) is 0 Å². The van der Waals surface area contributed by atoms with Gasteiger partial charge in [-0.15, -0.1) is 0 Å². The van der Waals surface area contributed by atoms with E-state index in [1.165, 1.54) is 29.3 Å². The van der Waals surface area contributed by atoms with E-state index in [4.69, 9.17) is 0 Å². The lowest BCUT2D eigenvalue weighted by Gasteiger charge is -2.07. The van der Waals surface area contributed by atoms with E-state index in [9.17, 15) is 4.79 Å². The van der Waals surface area contributed by atoms with Gasteiger partial charge in [-0.05, 0) is 18.9 Å². The Bertz CT molecular complexity index is 643. The van der Waals surface area contributed by atoms with Gasteiger partial charge < -0.3 is 0 Å². The van der Waals surface area contributed by atoms with Crippen molar-refractivity contribution in [2.45, 2.75) is 32.9 Å². The fraction of sp³-hybridized carbons (Fsp3) is 0.278. The molecular formula is C18H19BO. The topological polar surface area (TPSA) is 17.1 Å². The Labute approximate surface area is 121 Å². The number of hydrogen-bond donors (Lipinski definition) is 0. The van der Waals surface area contributed by atoms with Gasteiger partial charge >= 0.3 is 0 Å². The van der Waals surface area contributed by atoms with Crippen LogP contribution >= 0.6 is 0 Å². The highest BCUT2D eigenvalue weighted by Gasteiger charge is 2.21. The first kappa shape index (κ1) is 13.2. The summed E-state index contributed by atoms with van der Waals surface area (Å²) in [5.41, 5.74) is 6.04. The molecule has 0 aliphatic carbocycles. The van der Waals surface area contributed by atoms with Crippen molar-refractivity contribution in [3.05, 3.63) is 64.7 Å². The van der Waals surface area contributed by atoms with Gasteiger partial charge in [0.2, 0.25) is 0 Å². The number of benzene rings is 2. The normalized spacial score (nSPS) is 13.4. The Morgan fingerprint density at radius 2 is 1.90 bits per heavy atom. The molecule has 0 spiro atoms. The summed E-state index contributed by atoms with van der Waals surface area (Å²) in [4.78, 5) is 12.3. The monoisotopic (exact) mass is 262 g/mol. The highest BCUT2D eigenvalue weighted by atomic mass is 16.1. The molecule has 0 saturated heterocycles. The smallest absolute Gasteiger partial charge is 0.173 e. The van der Waals surface area contributed by atoms with Gasteiger partial charge in [-0.1, -0.05) is 72.2 Å². The number of rotatable bonds is 3. The minimum Gasteiger partial charge on any atom is -0.294 e. The fourth-order valence-electron chi connectivity index (χ4n) is 3.00. The Hall–Kier alpha value is -1.83.